The van der Waals surface area contributed by atoms with Gasteiger partial charge in [-0.15, -0.1) is 0 Å². The summed E-state index contributed by atoms with van der Waals surface area (Å²) < 4.78 is 24.4. The fourth-order valence-electron chi connectivity index (χ4n) is 1.93. The lowest BCUT2D eigenvalue weighted by atomic mass is 10.1. The van der Waals surface area contributed by atoms with Crippen molar-refractivity contribution in [2.45, 2.75) is 13.0 Å². The maximum atomic E-state index is 14.0. The molecule has 0 heterocycles. The zero-order valence-electron chi connectivity index (χ0n) is 11.5. The first-order chi connectivity index (χ1) is 10.1. The highest BCUT2D eigenvalue weighted by atomic mass is 19.1. The third-order valence-electron chi connectivity index (χ3n) is 2.96. The van der Waals surface area contributed by atoms with E-state index in [2.05, 4.69) is 0 Å². The van der Waals surface area contributed by atoms with Gasteiger partial charge in [0.25, 0.3) is 0 Å². The smallest absolute Gasteiger partial charge is 0.307 e. The minimum Gasteiger partial charge on any atom is -0.494 e. The molecule has 0 saturated heterocycles. The summed E-state index contributed by atoms with van der Waals surface area (Å²) >= 11 is 0. The van der Waals surface area contributed by atoms with Gasteiger partial charge in [0.2, 0.25) is 0 Å². The van der Waals surface area contributed by atoms with E-state index >= 15 is 0 Å². The van der Waals surface area contributed by atoms with Crippen LogP contribution in [0.2, 0.25) is 0 Å². The standard InChI is InChI=1S/C16H15FO4/c1-20-14-8-4-6-12(16(14)17)10-21-13-7-3-2-5-11(13)9-15(18)19/h2-8H,9-10H2,1H3,(H,18,19). The Morgan fingerprint density at radius 3 is 2.48 bits per heavy atom. The second kappa shape index (κ2) is 6.74. The number of aliphatic carboxylic acids is 1. The summed E-state index contributed by atoms with van der Waals surface area (Å²) in [6.45, 7) is -0.000332. The molecule has 4 nitrogen and oxygen atoms in total. The molecule has 0 atom stereocenters. The SMILES string of the molecule is COc1cccc(COc2ccccc2CC(=O)O)c1F. The summed E-state index contributed by atoms with van der Waals surface area (Å²) in [5.41, 5.74) is 0.896. The molecule has 2 aromatic rings. The first kappa shape index (κ1) is 14.8. The summed E-state index contributed by atoms with van der Waals surface area (Å²) in [7, 11) is 1.39. The van der Waals surface area contributed by atoms with Crippen molar-refractivity contribution < 1.29 is 23.8 Å². The fourth-order valence-corrected chi connectivity index (χ4v) is 1.93. The van der Waals surface area contributed by atoms with E-state index in [1.807, 2.05) is 0 Å². The molecule has 0 spiro atoms. The number of carbonyl (C=O) groups is 1. The van der Waals surface area contributed by atoms with Crippen LogP contribution in [0, 0.1) is 5.82 Å². The Kier molecular flexibility index (Phi) is 4.77. The van der Waals surface area contributed by atoms with Crippen molar-refractivity contribution in [1.29, 1.82) is 0 Å². The number of hydrogen-bond donors (Lipinski definition) is 1. The van der Waals surface area contributed by atoms with Gasteiger partial charge in [-0.1, -0.05) is 30.3 Å². The summed E-state index contributed by atoms with van der Waals surface area (Å²) in [5, 5.41) is 8.86. The van der Waals surface area contributed by atoms with Gasteiger partial charge >= 0.3 is 5.97 Å². The Hall–Kier alpha value is -2.56. The highest BCUT2D eigenvalue weighted by Gasteiger charge is 2.11. The van der Waals surface area contributed by atoms with Gasteiger partial charge in [-0.3, -0.25) is 4.79 Å². The molecule has 110 valence electrons. The monoisotopic (exact) mass is 290 g/mol. The lowest BCUT2D eigenvalue weighted by Gasteiger charge is -2.12. The average Bonchev–Trinajstić information content (AvgIpc) is 2.47. The van der Waals surface area contributed by atoms with Gasteiger partial charge in [0.05, 0.1) is 13.5 Å². The Balaban J connectivity index is 2.15. The molecule has 0 fully saturated rings. The van der Waals surface area contributed by atoms with Crippen molar-refractivity contribution in [2.75, 3.05) is 7.11 Å². The first-order valence-electron chi connectivity index (χ1n) is 6.35. The lowest BCUT2D eigenvalue weighted by molar-refractivity contribution is -0.136. The number of methoxy groups -OCH3 is 1. The number of benzene rings is 2. The third-order valence-corrected chi connectivity index (χ3v) is 2.96. The Labute approximate surface area is 121 Å². The average molecular weight is 290 g/mol. The molecular weight excluding hydrogens is 275 g/mol. The van der Waals surface area contributed by atoms with Crippen LogP contribution in [-0.4, -0.2) is 18.2 Å². The molecule has 21 heavy (non-hydrogen) atoms. The van der Waals surface area contributed by atoms with Crippen molar-refractivity contribution >= 4 is 5.97 Å². The number of ether oxygens (including phenoxy) is 2. The van der Waals surface area contributed by atoms with E-state index in [1.54, 1.807) is 36.4 Å². The van der Waals surface area contributed by atoms with Crippen molar-refractivity contribution in [3.05, 3.63) is 59.4 Å². The van der Waals surface area contributed by atoms with Crippen molar-refractivity contribution in [2.24, 2.45) is 0 Å². The van der Waals surface area contributed by atoms with Crippen LogP contribution in [0.4, 0.5) is 4.39 Å². The van der Waals surface area contributed by atoms with Gasteiger partial charge in [-0.25, -0.2) is 4.39 Å². The van der Waals surface area contributed by atoms with Crippen LogP contribution < -0.4 is 9.47 Å². The molecule has 0 radical (unpaired) electrons. The maximum Gasteiger partial charge on any atom is 0.307 e. The number of carboxylic acids is 1. The van der Waals surface area contributed by atoms with Crippen molar-refractivity contribution in [3.63, 3.8) is 0 Å². The summed E-state index contributed by atoms with van der Waals surface area (Å²) in [5.74, 6) is -0.841. The number of para-hydroxylation sites is 1. The van der Waals surface area contributed by atoms with E-state index in [1.165, 1.54) is 13.2 Å². The molecule has 1 N–H and O–H groups in total. The van der Waals surface area contributed by atoms with Gasteiger partial charge < -0.3 is 14.6 Å². The minimum atomic E-state index is -0.946. The Bertz CT molecular complexity index is 640. The van der Waals surface area contributed by atoms with E-state index in [0.29, 0.717) is 16.9 Å². The Morgan fingerprint density at radius 2 is 1.76 bits per heavy atom. The molecule has 0 aromatic heterocycles. The molecular formula is C16H15FO4. The van der Waals surface area contributed by atoms with Crippen LogP contribution in [-0.2, 0) is 17.8 Å². The third kappa shape index (κ3) is 3.72. The van der Waals surface area contributed by atoms with Gasteiger partial charge in [0.1, 0.15) is 12.4 Å². The quantitative estimate of drug-likeness (QED) is 0.888. The number of rotatable bonds is 6. The number of hydrogen-bond acceptors (Lipinski definition) is 3. The van der Waals surface area contributed by atoms with E-state index in [0.717, 1.165) is 0 Å². The van der Waals surface area contributed by atoms with E-state index < -0.39 is 11.8 Å². The predicted molar refractivity (Wildman–Crippen MR) is 75.1 cm³/mol. The largest absolute Gasteiger partial charge is 0.494 e. The normalized spacial score (nSPS) is 10.2. The second-order valence-corrected chi connectivity index (χ2v) is 4.40. The highest BCUT2D eigenvalue weighted by molar-refractivity contribution is 5.71. The molecule has 2 rings (SSSR count). The van der Waals surface area contributed by atoms with Crippen molar-refractivity contribution in [3.8, 4) is 11.5 Å². The van der Waals surface area contributed by atoms with Crippen LogP contribution in [0.3, 0.4) is 0 Å². The topological polar surface area (TPSA) is 55.8 Å². The first-order valence-corrected chi connectivity index (χ1v) is 6.35. The molecule has 2 aromatic carbocycles. The summed E-state index contributed by atoms with van der Waals surface area (Å²) in [4.78, 5) is 10.8. The van der Waals surface area contributed by atoms with Gasteiger partial charge in [0, 0.05) is 11.1 Å². The van der Waals surface area contributed by atoms with Crippen LogP contribution in [0.25, 0.3) is 0 Å². The minimum absolute atomic E-state index is 0.000332. The zero-order valence-corrected chi connectivity index (χ0v) is 11.5. The summed E-state index contributed by atoms with van der Waals surface area (Å²) in [6, 6.07) is 11.6. The molecule has 0 saturated carbocycles. The number of carboxylic acid groups (broad SMARTS) is 1. The fraction of sp³-hybridized carbons (Fsp3) is 0.188. The maximum absolute atomic E-state index is 14.0. The van der Waals surface area contributed by atoms with Crippen molar-refractivity contribution in [1.82, 2.24) is 0 Å². The van der Waals surface area contributed by atoms with Gasteiger partial charge in [-0.2, -0.15) is 0 Å². The molecule has 0 unspecified atom stereocenters. The zero-order chi connectivity index (χ0) is 15.2. The van der Waals surface area contributed by atoms with Crippen LogP contribution in [0.15, 0.2) is 42.5 Å². The number of halogens is 1. The van der Waals surface area contributed by atoms with Crippen LogP contribution in [0.5, 0.6) is 11.5 Å². The molecule has 0 aliphatic heterocycles. The van der Waals surface area contributed by atoms with E-state index in [9.17, 15) is 9.18 Å². The lowest BCUT2D eigenvalue weighted by Crippen LogP contribution is -2.05. The van der Waals surface area contributed by atoms with Crippen LogP contribution in [0.1, 0.15) is 11.1 Å². The molecule has 0 aliphatic carbocycles. The molecule has 5 heteroatoms. The highest BCUT2D eigenvalue weighted by Crippen LogP contribution is 2.23. The predicted octanol–water partition coefficient (Wildman–Crippen LogP) is 3.04. The van der Waals surface area contributed by atoms with E-state index in [-0.39, 0.29) is 18.8 Å². The van der Waals surface area contributed by atoms with Gasteiger partial charge in [0.15, 0.2) is 11.6 Å². The molecule has 0 amide bonds. The second-order valence-electron chi connectivity index (χ2n) is 4.40. The van der Waals surface area contributed by atoms with Gasteiger partial charge in [-0.05, 0) is 12.1 Å². The van der Waals surface area contributed by atoms with Crippen LogP contribution >= 0.6 is 0 Å². The molecule has 0 aliphatic rings. The Morgan fingerprint density at radius 1 is 1.10 bits per heavy atom. The summed E-state index contributed by atoms with van der Waals surface area (Å²) in [6.07, 6.45) is -0.142. The molecule has 0 bridgehead atoms. The van der Waals surface area contributed by atoms with E-state index in [4.69, 9.17) is 14.6 Å².